The maximum Gasteiger partial charge on any atom is 0.0476 e. The molecule has 1 aliphatic rings. The average molecular weight is 289 g/mol. The van der Waals surface area contributed by atoms with Gasteiger partial charge in [-0.1, -0.05) is 44.2 Å². The molecule has 0 aromatic heterocycles. The van der Waals surface area contributed by atoms with E-state index in [1.54, 1.807) is 0 Å². The summed E-state index contributed by atoms with van der Waals surface area (Å²) in [6, 6.07) is 11.6. The molecule has 1 aromatic carbocycles. The first-order valence-electron chi connectivity index (χ1n) is 8.57. The van der Waals surface area contributed by atoms with Crippen molar-refractivity contribution in [1.82, 2.24) is 15.1 Å². The van der Waals surface area contributed by atoms with Crippen LogP contribution in [0.3, 0.4) is 0 Å². The molecule has 118 valence electrons. The van der Waals surface area contributed by atoms with Gasteiger partial charge in [-0.25, -0.2) is 0 Å². The van der Waals surface area contributed by atoms with Crippen molar-refractivity contribution < 1.29 is 0 Å². The van der Waals surface area contributed by atoms with E-state index in [4.69, 9.17) is 0 Å². The zero-order chi connectivity index (χ0) is 14.9. The van der Waals surface area contributed by atoms with E-state index in [9.17, 15) is 0 Å². The van der Waals surface area contributed by atoms with Crippen molar-refractivity contribution in [3.05, 3.63) is 35.9 Å². The summed E-state index contributed by atoms with van der Waals surface area (Å²) in [4.78, 5) is 5.30. The Morgan fingerprint density at radius 1 is 1.05 bits per heavy atom. The minimum atomic E-state index is 0.534. The lowest BCUT2D eigenvalue weighted by Crippen LogP contribution is -2.48. The molecule has 3 heteroatoms. The largest absolute Gasteiger partial charge is 0.314 e. The molecule has 3 nitrogen and oxygen atoms in total. The number of hydrogen-bond acceptors (Lipinski definition) is 3. The number of hydrogen-bond donors (Lipinski definition) is 1. The summed E-state index contributed by atoms with van der Waals surface area (Å²) in [7, 11) is 0. The topological polar surface area (TPSA) is 18.5 Å². The average Bonchev–Trinajstić information content (AvgIpc) is 2.54. The van der Waals surface area contributed by atoms with Crippen LogP contribution in [0.15, 0.2) is 30.3 Å². The van der Waals surface area contributed by atoms with Crippen molar-refractivity contribution in [1.29, 1.82) is 0 Å². The van der Waals surface area contributed by atoms with Gasteiger partial charge in [0.05, 0.1) is 0 Å². The first-order valence-corrected chi connectivity index (χ1v) is 8.57. The van der Waals surface area contributed by atoms with E-state index in [1.807, 2.05) is 0 Å². The summed E-state index contributed by atoms with van der Waals surface area (Å²) in [6.45, 7) is 12.7. The Hall–Kier alpha value is -0.900. The van der Waals surface area contributed by atoms with E-state index >= 15 is 0 Å². The highest BCUT2D eigenvalue weighted by Gasteiger charge is 2.23. The number of benzene rings is 1. The highest BCUT2D eigenvalue weighted by Crippen LogP contribution is 2.22. The van der Waals surface area contributed by atoms with Crippen LogP contribution in [0.4, 0.5) is 0 Å². The third-order valence-corrected chi connectivity index (χ3v) is 4.29. The van der Waals surface area contributed by atoms with Crippen molar-refractivity contribution >= 4 is 0 Å². The van der Waals surface area contributed by atoms with E-state index in [-0.39, 0.29) is 0 Å². The lowest BCUT2D eigenvalue weighted by atomic mass is 10.0. The highest BCUT2D eigenvalue weighted by atomic mass is 15.2. The van der Waals surface area contributed by atoms with Gasteiger partial charge in [0.1, 0.15) is 0 Å². The molecule has 1 atom stereocenters. The van der Waals surface area contributed by atoms with E-state index in [2.05, 4.69) is 59.3 Å². The molecule has 0 saturated carbocycles. The Morgan fingerprint density at radius 3 is 2.24 bits per heavy atom. The smallest absolute Gasteiger partial charge is 0.0476 e. The molecule has 0 amide bonds. The van der Waals surface area contributed by atoms with Gasteiger partial charge in [0.15, 0.2) is 0 Å². The second kappa shape index (κ2) is 9.19. The van der Waals surface area contributed by atoms with Gasteiger partial charge in [0.2, 0.25) is 0 Å². The molecule has 1 fully saturated rings. The fourth-order valence-electron chi connectivity index (χ4n) is 3.27. The predicted octanol–water partition coefficient (Wildman–Crippen LogP) is 2.75. The van der Waals surface area contributed by atoms with Crippen molar-refractivity contribution in [2.75, 3.05) is 45.8 Å². The SMILES string of the molecule is CCCN(CCC)CC(c1ccccc1)N1CCNCC1. The second-order valence-corrected chi connectivity index (χ2v) is 6.01. The van der Waals surface area contributed by atoms with Gasteiger partial charge >= 0.3 is 0 Å². The normalized spacial score (nSPS) is 18.0. The second-order valence-electron chi connectivity index (χ2n) is 6.01. The Bertz CT molecular complexity index is 367. The molecule has 1 N–H and O–H groups in total. The molecule has 1 unspecified atom stereocenters. The Labute approximate surface area is 130 Å². The first kappa shape index (κ1) is 16.5. The van der Waals surface area contributed by atoms with Crippen LogP contribution in [-0.4, -0.2) is 55.6 Å². The van der Waals surface area contributed by atoms with Crippen LogP contribution >= 0.6 is 0 Å². The van der Waals surface area contributed by atoms with Crippen LogP contribution in [0.5, 0.6) is 0 Å². The molecule has 0 aliphatic carbocycles. The molecule has 1 saturated heterocycles. The third kappa shape index (κ3) is 5.10. The standard InChI is InChI=1S/C18H31N3/c1-3-12-20(13-4-2)16-18(17-8-6-5-7-9-17)21-14-10-19-11-15-21/h5-9,18-19H,3-4,10-16H2,1-2H3. The minimum Gasteiger partial charge on any atom is -0.314 e. The number of rotatable bonds is 8. The zero-order valence-electron chi connectivity index (χ0n) is 13.7. The summed E-state index contributed by atoms with van der Waals surface area (Å²) >= 11 is 0. The molecule has 1 aliphatic heterocycles. The van der Waals surface area contributed by atoms with E-state index in [1.165, 1.54) is 31.5 Å². The molecule has 0 bridgehead atoms. The first-order chi connectivity index (χ1) is 10.3. The Morgan fingerprint density at radius 2 is 1.67 bits per heavy atom. The molecular weight excluding hydrogens is 258 g/mol. The lowest BCUT2D eigenvalue weighted by molar-refractivity contribution is 0.124. The van der Waals surface area contributed by atoms with Gasteiger partial charge in [-0.15, -0.1) is 0 Å². The predicted molar refractivity (Wildman–Crippen MR) is 90.6 cm³/mol. The summed E-state index contributed by atoms with van der Waals surface area (Å²) < 4.78 is 0. The molecular formula is C18H31N3. The number of piperazine rings is 1. The summed E-state index contributed by atoms with van der Waals surface area (Å²) in [6.07, 6.45) is 2.48. The summed E-state index contributed by atoms with van der Waals surface area (Å²) in [5.74, 6) is 0. The number of nitrogens with one attached hydrogen (secondary N) is 1. The van der Waals surface area contributed by atoms with E-state index in [0.29, 0.717) is 6.04 Å². The molecule has 1 heterocycles. The monoisotopic (exact) mass is 289 g/mol. The maximum absolute atomic E-state index is 3.47. The molecule has 21 heavy (non-hydrogen) atoms. The fourth-order valence-corrected chi connectivity index (χ4v) is 3.27. The van der Waals surface area contributed by atoms with Gasteiger partial charge in [-0.2, -0.15) is 0 Å². The van der Waals surface area contributed by atoms with Gasteiger partial charge in [-0.05, 0) is 31.5 Å². The van der Waals surface area contributed by atoms with Gasteiger partial charge < -0.3 is 10.2 Å². The summed E-state index contributed by atoms with van der Waals surface area (Å²) in [5.41, 5.74) is 1.47. The van der Waals surface area contributed by atoms with Gasteiger partial charge in [0.25, 0.3) is 0 Å². The molecule has 0 spiro atoms. The van der Waals surface area contributed by atoms with Gasteiger partial charge in [-0.3, -0.25) is 4.90 Å². The quantitative estimate of drug-likeness (QED) is 0.794. The minimum absolute atomic E-state index is 0.534. The van der Waals surface area contributed by atoms with E-state index < -0.39 is 0 Å². The third-order valence-electron chi connectivity index (χ3n) is 4.29. The number of nitrogens with zero attached hydrogens (tertiary/aromatic N) is 2. The van der Waals surface area contributed by atoms with Crippen LogP contribution in [0.2, 0.25) is 0 Å². The van der Waals surface area contributed by atoms with Crippen LogP contribution in [0, 0.1) is 0 Å². The highest BCUT2D eigenvalue weighted by molar-refractivity contribution is 5.19. The Balaban J connectivity index is 2.10. The van der Waals surface area contributed by atoms with Crippen molar-refractivity contribution in [2.24, 2.45) is 0 Å². The summed E-state index contributed by atoms with van der Waals surface area (Å²) in [5, 5.41) is 3.47. The van der Waals surface area contributed by atoms with Crippen LogP contribution in [-0.2, 0) is 0 Å². The lowest BCUT2D eigenvalue weighted by Gasteiger charge is -2.38. The van der Waals surface area contributed by atoms with Crippen molar-refractivity contribution in [3.8, 4) is 0 Å². The van der Waals surface area contributed by atoms with Crippen molar-refractivity contribution in [3.63, 3.8) is 0 Å². The Kier molecular flexibility index (Phi) is 7.20. The maximum atomic E-state index is 3.47. The van der Waals surface area contributed by atoms with Crippen LogP contribution < -0.4 is 5.32 Å². The molecule has 2 rings (SSSR count). The van der Waals surface area contributed by atoms with Gasteiger partial charge in [0, 0.05) is 38.8 Å². The zero-order valence-corrected chi connectivity index (χ0v) is 13.7. The molecule has 0 radical (unpaired) electrons. The van der Waals surface area contributed by atoms with Crippen LogP contribution in [0.1, 0.15) is 38.3 Å². The van der Waals surface area contributed by atoms with Crippen molar-refractivity contribution in [2.45, 2.75) is 32.7 Å². The van der Waals surface area contributed by atoms with E-state index in [0.717, 1.165) is 32.7 Å². The molecule has 1 aromatic rings. The van der Waals surface area contributed by atoms with Crippen LogP contribution in [0.25, 0.3) is 0 Å². The fraction of sp³-hybridized carbons (Fsp3) is 0.667.